The fourth-order valence-corrected chi connectivity index (χ4v) is 4.50. The molecule has 0 saturated heterocycles. The van der Waals surface area contributed by atoms with E-state index in [-0.39, 0.29) is 18.3 Å². The summed E-state index contributed by atoms with van der Waals surface area (Å²) in [7, 11) is 3.43. The molecule has 0 fully saturated rings. The number of thioether (sulfide) groups is 1. The molecule has 1 amide bonds. The maximum absolute atomic E-state index is 13.0. The van der Waals surface area contributed by atoms with Crippen LogP contribution in [0.15, 0.2) is 47.4 Å². The summed E-state index contributed by atoms with van der Waals surface area (Å²) in [6.45, 7) is 1.07. The molecule has 2 aromatic carbocycles. The molecule has 0 unspecified atom stereocenters. The molecule has 0 spiro atoms. The zero-order valence-corrected chi connectivity index (χ0v) is 17.4. The van der Waals surface area contributed by atoms with Crippen LogP contribution in [-0.4, -0.2) is 44.4 Å². The summed E-state index contributed by atoms with van der Waals surface area (Å²) in [5.74, 6) is 0.400. The second-order valence-corrected chi connectivity index (χ2v) is 7.50. The third-order valence-electron chi connectivity index (χ3n) is 4.32. The lowest BCUT2D eigenvalue weighted by Gasteiger charge is -2.25. The van der Waals surface area contributed by atoms with Crippen molar-refractivity contribution in [2.75, 3.05) is 32.1 Å². The summed E-state index contributed by atoms with van der Waals surface area (Å²) in [5.41, 5.74) is 1.58. The molecule has 5 nitrogen and oxygen atoms in total. The highest BCUT2D eigenvalue weighted by molar-refractivity contribution is 8.00. The van der Waals surface area contributed by atoms with Crippen molar-refractivity contribution in [2.24, 2.45) is 0 Å². The molecule has 0 bridgehead atoms. The lowest BCUT2D eigenvalue weighted by Crippen LogP contribution is -2.43. The van der Waals surface area contributed by atoms with Crippen LogP contribution in [0.1, 0.15) is 10.8 Å². The van der Waals surface area contributed by atoms with Crippen molar-refractivity contribution in [3.8, 4) is 5.75 Å². The summed E-state index contributed by atoms with van der Waals surface area (Å²) in [5, 5.41) is 14.0. The predicted molar refractivity (Wildman–Crippen MR) is 113 cm³/mol. The number of carbonyl (C=O) groups excluding carboxylic acids is 1. The third-order valence-corrected chi connectivity index (χ3v) is 6.19. The Morgan fingerprint density at radius 2 is 1.96 bits per heavy atom. The number of fused-ring (bicyclic) bond motifs is 1. The summed E-state index contributed by atoms with van der Waals surface area (Å²) in [6.07, 6.45) is -1.17. The number of methoxy groups -OCH3 is 1. The monoisotopic (exact) mass is 428 g/mol. The Bertz CT molecular complexity index is 789. The summed E-state index contributed by atoms with van der Waals surface area (Å²) in [6, 6.07) is 12.9. The molecule has 0 aliphatic carbocycles. The van der Waals surface area contributed by atoms with Gasteiger partial charge >= 0.3 is 0 Å². The lowest BCUT2D eigenvalue weighted by atomic mass is 10.1. The molecule has 1 aliphatic rings. The van der Waals surface area contributed by atoms with E-state index in [1.54, 1.807) is 18.1 Å². The van der Waals surface area contributed by atoms with Gasteiger partial charge in [-0.1, -0.05) is 29.8 Å². The van der Waals surface area contributed by atoms with Crippen LogP contribution in [0.2, 0.25) is 5.02 Å². The fraction of sp³-hybridized carbons (Fsp3) is 0.316. The molecule has 27 heavy (non-hydrogen) atoms. The summed E-state index contributed by atoms with van der Waals surface area (Å²) < 4.78 is 5.19. The molecular weight excluding hydrogens is 407 g/mol. The number of aliphatic hydroxyl groups is 1. The molecule has 3 rings (SSSR count). The topological polar surface area (TPSA) is 61.8 Å². The molecule has 146 valence electrons. The minimum absolute atomic E-state index is 0. The first-order chi connectivity index (χ1) is 12.6. The Balaban J connectivity index is 0.00000261. The molecule has 2 atom stereocenters. The molecular formula is C19H22Cl2N2O3S. The van der Waals surface area contributed by atoms with Crippen LogP contribution in [0, 0.1) is 0 Å². The molecule has 0 aromatic heterocycles. The highest BCUT2D eigenvalue weighted by atomic mass is 35.5. The van der Waals surface area contributed by atoms with E-state index in [0.717, 1.165) is 21.9 Å². The van der Waals surface area contributed by atoms with Crippen molar-refractivity contribution in [1.82, 2.24) is 5.32 Å². The number of amides is 1. The first kappa shape index (κ1) is 21.9. The van der Waals surface area contributed by atoms with Gasteiger partial charge in [0.2, 0.25) is 0 Å². The number of halogens is 2. The summed E-state index contributed by atoms with van der Waals surface area (Å²) in [4.78, 5) is 15.4. The van der Waals surface area contributed by atoms with Crippen LogP contribution < -0.4 is 15.0 Å². The van der Waals surface area contributed by atoms with E-state index in [1.165, 1.54) is 11.8 Å². The van der Waals surface area contributed by atoms with Crippen molar-refractivity contribution in [1.29, 1.82) is 0 Å². The van der Waals surface area contributed by atoms with Gasteiger partial charge in [0.15, 0.2) is 0 Å². The van der Waals surface area contributed by atoms with Crippen LogP contribution in [0.3, 0.4) is 0 Å². The first-order valence-corrected chi connectivity index (χ1v) is 9.55. The molecule has 1 aliphatic heterocycles. The third kappa shape index (κ3) is 4.52. The van der Waals surface area contributed by atoms with E-state index in [9.17, 15) is 9.90 Å². The Hall–Kier alpha value is -1.44. The largest absolute Gasteiger partial charge is 0.497 e. The van der Waals surface area contributed by atoms with Gasteiger partial charge in [-0.25, -0.2) is 0 Å². The van der Waals surface area contributed by atoms with Crippen LogP contribution in [0.5, 0.6) is 5.75 Å². The van der Waals surface area contributed by atoms with Gasteiger partial charge in [-0.05, 0) is 36.9 Å². The smallest absolute Gasteiger partial charge is 0.257 e. The number of nitrogens with one attached hydrogen (secondary N) is 1. The van der Waals surface area contributed by atoms with E-state index in [0.29, 0.717) is 18.1 Å². The van der Waals surface area contributed by atoms with E-state index in [1.807, 2.05) is 43.4 Å². The molecule has 1 heterocycles. The highest BCUT2D eigenvalue weighted by Crippen LogP contribution is 2.48. The number of ether oxygens (including phenoxy) is 1. The average molecular weight is 429 g/mol. The zero-order valence-electron chi connectivity index (χ0n) is 15.0. The molecule has 2 N–H and O–H groups in total. The number of likely N-dealkylation sites (N-methyl/N-ethyl adjacent to an activating group) is 1. The van der Waals surface area contributed by atoms with Gasteiger partial charge in [-0.2, -0.15) is 0 Å². The van der Waals surface area contributed by atoms with Gasteiger partial charge in [-0.3, -0.25) is 4.79 Å². The van der Waals surface area contributed by atoms with Crippen LogP contribution in [0.25, 0.3) is 0 Å². The summed E-state index contributed by atoms with van der Waals surface area (Å²) >= 11 is 7.85. The van der Waals surface area contributed by atoms with Crippen LogP contribution in [0.4, 0.5) is 5.69 Å². The highest BCUT2D eigenvalue weighted by Gasteiger charge is 2.37. The second kappa shape index (κ2) is 9.66. The second-order valence-electron chi connectivity index (χ2n) is 5.94. The fourth-order valence-electron chi connectivity index (χ4n) is 2.92. The minimum Gasteiger partial charge on any atom is -0.497 e. The molecule has 2 aromatic rings. The van der Waals surface area contributed by atoms with Gasteiger partial charge in [0.1, 0.15) is 11.9 Å². The Labute approximate surface area is 174 Å². The van der Waals surface area contributed by atoms with E-state index in [4.69, 9.17) is 16.3 Å². The maximum Gasteiger partial charge on any atom is 0.257 e. The number of aliphatic hydroxyl groups excluding tert-OH is 1. The van der Waals surface area contributed by atoms with Gasteiger partial charge < -0.3 is 20.1 Å². The van der Waals surface area contributed by atoms with Crippen molar-refractivity contribution in [3.63, 3.8) is 0 Å². The Morgan fingerprint density at radius 3 is 2.59 bits per heavy atom. The number of benzene rings is 2. The number of rotatable bonds is 5. The van der Waals surface area contributed by atoms with Crippen molar-refractivity contribution in [2.45, 2.75) is 16.2 Å². The van der Waals surface area contributed by atoms with Crippen LogP contribution >= 0.6 is 35.8 Å². The number of hydrogen-bond donors (Lipinski definition) is 2. The van der Waals surface area contributed by atoms with E-state index >= 15 is 0 Å². The number of carbonyl (C=O) groups is 1. The number of hydrogen-bond acceptors (Lipinski definition) is 5. The van der Waals surface area contributed by atoms with Crippen LogP contribution in [-0.2, 0) is 4.79 Å². The van der Waals surface area contributed by atoms with Crippen molar-refractivity contribution in [3.05, 3.63) is 53.1 Å². The van der Waals surface area contributed by atoms with Gasteiger partial charge in [0, 0.05) is 13.1 Å². The first-order valence-electron chi connectivity index (χ1n) is 8.30. The number of anilines is 1. The SMILES string of the molecule is CNCCN1C(=O)[C@H](O)[C@H](c2ccc(OC)cc2)Sc2c(Cl)cccc21.Cl. The average Bonchev–Trinajstić information content (AvgIpc) is 2.77. The minimum atomic E-state index is -1.17. The standard InChI is InChI=1S/C19H21ClN2O3S.ClH/c1-21-10-11-22-15-5-3-4-14(20)18(15)26-17(16(23)19(22)24)12-6-8-13(25-2)9-7-12;/h3-9,16-17,21,23H,10-11H2,1-2H3;1H/t16-,17+;/m1./s1. The normalized spacial score (nSPS) is 19.1. The Morgan fingerprint density at radius 1 is 1.26 bits per heavy atom. The zero-order chi connectivity index (χ0) is 18.7. The van der Waals surface area contributed by atoms with Gasteiger partial charge in [0.25, 0.3) is 5.91 Å². The number of nitrogens with zero attached hydrogens (tertiary/aromatic N) is 1. The Kier molecular flexibility index (Phi) is 7.82. The van der Waals surface area contributed by atoms with Crippen molar-refractivity contribution < 1.29 is 14.6 Å². The molecule has 0 saturated carbocycles. The lowest BCUT2D eigenvalue weighted by molar-refractivity contribution is -0.126. The maximum atomic E-state index is 13.0. The predicted octanol–water partition coefficient (Wildman–Crippen LogP) is 3.53. The molecule has 0 radical (unpaired) electrons. The molecule has 8 heteroatoms. The van der Waals surface area contributed by atoms with E-state index in [2.05, 4.69) is 5.32 Å². The van der Waals surface area contributed by atoms with Crippen molar-refractivity contribution >= 4 is 47.4 Å². The van der Waals surface area contributed by atoms with Gasteiger partial charge in [0.05, 0.1) is 28.0 Å². The van der Waals surface area contributed by atoms with E-state index < -0.39 is 11.4 Å². The quantitative estimate of drug-likeness (QED) is 0.762. The van der Waals surface area contributed by atoms with Gasteiger partial charge in [-0.15, -0.1) is 24.2 Å².